The molecule has 1 aromatic rings. The van der Waals surface area contributed by atoms with Crippen LogP contribution < -0.4 is 10.6 Å². The van der Waals surface area contributed by atoms with E-state index in [-0.39, 0.29) is 22.9 Å². The predicted molar refractivity (Wildman–Crippen MR) is 88.7 cm³/mol. The summed E-state index contributed by atoms with van der Waals surface area (Å²) in [6.45, 7) is 4.46. The fourth-order valence-corrected chi connectivity index (χ4v) is 5.20. The number of rotatable bonds is 2. The topological polar surface area (TPSA) is 83.7 Å². The minimum atomic E-state index is -3.57. The maximum atomic E-state index is 13.0. The summed E-state index contributed by atoms with van der Waals surface area (Å²) in [6.07, 6.45) is 2.11. The van der Waals surface area contributed by atoms with Gasteiger partial charge in [-0.3, -0.25) is 4.79 Å². The summed E-state index contributed by atoms with van der Waals surface area (Å²) in [5, 5.41) is 0. The van der Waals surface area contributed by atoms with Crippen LogP contribution >= 0.6 is 0 Å². The van der Waals surface area contributed by atoms with Crippen molar-refractivity contribution in [1.29, 1.82) is 0 Å². The minimum absolute atomic E-state index is 0.0596. The van der Waals surface area contributed by atoms with Crippen LogP contribution in [0.25, 0.3) is 0 Å². The van der Waals surface area contributed by atoms with Gasteiger partial charge in [-0.15, -0.1) is 0 Å². The first-order valence-corrected chi connectivity index (χ1v) is 9.43. The van der Waals surface area contributed by atoms with Gasteiger partial charge in [0.2, 0.25) is 15.9 Å². The highest BCUT2D eigenvalue weighted by Gasteiger charge is 2.34. The van der Waals surface area contributed by atoms with Crippen LogP contribution in [0.2, 0.25) is 0 Å². The summed E-state index contributed by atoms with van der Waals surface area (Å²) >= 11 is 0. The second-order valence-corrected chi connectivity index (χ2v) is 8.35. The van der Waals surface area contributed by atoms with Crippen molar-refractivity contribution >= 4 is 21.6 Å². The van der Waals surface area contributed by atoms with Crippen molar-refractivity contribution in [1.82, 2.24) is 4.31 Å². The second-order valence-electron chi connectivity index (χ2n) is 6.46. The summed E-state index contributed by atoms with van der Waals surface area (Å²) in [7, 11) is -3.57. The van der Waals surface area contributed by atoms with E-state index in [0.29, 0.717) is 25.9 Å². The van der Waals surface area contributed by atoms with E-state index in [0.717, 1.165) is 17.7 Å². The molecule has 2 aliphatic heterocycles. The van der Waals surface area contributed by atoms with Crippen molar-refractivity contribution in [2.24, 2.45) is 5.73 Å². The number of hydrogen-bond donors (Lipinski definition) is 1. The van der Waals surface area contributed by atoms with Crippen molar-refractivity contribution in [2.45, 2.75) is 50.1 Å². The lowest BCUT2D eigenvalue weighted by atomic mass is 10.0. The van der Waals surface area contributed by atoms with Crippen LogP contribution in [0.1, 0.15) is 32.3 Å². The van der Waals surface area contributed by atoms with Gasteiger partial charge in [0.05, 0.1) is 4.90 Å². The molecule has 2 aliphatic rings. The van der Waals surface area contributed by atoms with Crippen molar-refractivity contribution < 1.29 is 13.2 Å². The van der Waals surface area contributed by atoms with E-state index in [2.05, 4.69) is 0 Å². The molecule has 0 radical (unpaired) electrons. The van der Waals surface area contributed by atoms with E-state index in [1.807, 2.05) is 13.0 Å². The third-order valence-corrected chi connectivity index (χ3v) is 6.80. The van der Waals surface area contributed by atoms with Crippen LogP contribution in [-0.4, -0.2) is 43.8 Å². The maximum absolute atomic E-state index is 13.0. The van der Waals surface area contributed by atoms with Gasteiger partial charge in [-0.1, -0.05) is 6.07 Å². The van der Waals surface area contributed by atoms with Crippen LogP contribution in [0.3, 0.4) is 0 Å². The molecule has 23 heavy (non-hydrogen) atoms. The molecular formula is C16H23N3O3S. The van der Waals surface area contributed by atoms with Gasteiger partial charge in [-0.2, -0.15) is 4.31 Å². The Kier molecular flexibility index (Phi) is 4.20. The number of carbonyl (C=O) groups excluding carboxylic acids is 1. The highest BCUT2D eigenvalue weighted by atomic mass is 32.2. The average Bonchev–Trinajstić information content (AvgIpc) is 2.89. The van der Waals surface area contributed by atoms with E-state index in [1.54, 1.807) is 17.0 Å². The molecule has 2 unspecified atom stereocenters. The first-order valence-electron chi connectivity index (χ1n) is 7.99. The minimum Gasteiger partial charge on any atom is -0.328 e. The van der Waals surface area contributed by atoms with E-state index in [4.69, 9.17) is 5.73 Å². The second kappa shape index (κ2) is 5.89. The Morgan fingerprint density at radius 1 is 1.30 bits per heavy atom. The number of sulfonamides is 1. The third-order valence-electron chi connectivity index (χ3n) is 4.79. The van der Waals surface area contributed by atoms with Crippen molar-refractivity contribution in [3.63, 3.8) is 0 Å². The smallest absolute Gasteiger partial charge is 0.243 e. The van der Waals surface area contributed by atoms with Gasteiger partial charge >= 0.3 is 0 Å². The molecule has 7 heteroatoms. The molecule has 0 spiro atoms. The lowest BCUT2D eigenvalue weighted by Crippen LogP contribution is -2.48. The standard InChI is InChI=1S/C16H23N3O3S/c1-11-9-14(17)6-8-19(11)23(21,22)15-4-3-13-5-7-18(12(2)20)16(13)10-15/h3-4,10-11,14H,5-9,17H2,1-2H3. The lowest BCUT2D eigenvalue weighted by Gasteiger charge is -2.35. The fraction of sp³-hybridized carbons (Fsp3) is 0.562. The molecule has 1 fully saturated rings. The van der Waals surface area contributed by atoms with Crippen LogP contribution in [0.4, 0.5) is 5.69 Å². The number of amides is 1. The number of anilines is 1. The Morgan fingerprint density at radius 3 is 2.70 bits per heavy atom. The summed E-state index contributed by atoms with van der Waals surface area (Å²) in [5.41, 5.74) is 7.67. The summed E-state index contributed by atoms with van der Waals surface area (Å²) < 4.78 is 27.5. The number of nitrogens with zero attached hydrogens (tertiary/aromatic N) is 2. The fourth-order valence-electron chi connectivity index (χ4n) is 3.53. The molecule has 0 saturated carbocycles. The SMILES string of the molecule is CC(=O)N1CCc2ccc(S(=O)(=O)N3CCC(N)CC3C)cc21. The molecule has 0 aromatic heterocycles. The van der Waals surface area contributed by atoms with E-state index in [9.17, 15) is 13.2 Å². The number of benzene rings is 1. The summed E-state index contributed by atoms with van der Waals surface area (Å²) in [5.74, 6) is -0.0596. The zero-order valence-electron chi connectivity index (χ0n) is 13.5. The van der Waals surface area contributed by atoms with Crippen molar-refractivity contribution in [3.8, 4) is 0 Å². The van der Waals surface area contributed by atoms with Crippen LogP contribution in [0.15, 0.2) is 23.1 Å². The van der Waals surface area contributed by atoms with Gasteiger partial charge < -0.3 is 10.6 Å². The highest BCUT2D eigenvalue weighted by Crippen LogP contribution is 2.33. The zero-order valence-corrected chi connectivity index (χ0v) is 14.3. The monoisotopic (exact) mass is 337 g/mol. The molecule has 0 aliphatic carbocycles. The van der Waals surface area contributed by atoms with Gasteiger partial charge in [0.15, 0.2) is 0 Å². The summed E-state index contributed by atoms with van der Waals surface area (Å²) in [4.78, 5) is 13.6. The van der Waals surface area contributed by atoms with Gasteiger partial charge in [0, 0.05) is 37.8 Å². The Balaban J connectivity index is 1.95. The van der Waals surface area contributed by atoms with Crippen LogP contribution in [0, 0.1) is 0 Å². The van der Waals surface area contributed by atoms with Gasteiger partial charge in [-0.05, 0) is 43.9 Å². The summed E-state index contributed by atoms with van der Waals surface area (Å²) in [6, 6.07) is 5.07. The highest BCUT2D eigenvalue weighted by molar-refractivity contribution is 7.89. The molecule has 1 aromatic carbocycles. The quantitative estimate of drug-likeness (QED) is 0.876. The number of hydrogen-bond acceptors (Lipinski definition) is 4. The van der Waals surface area contributed by atoms with E-state index < -0.39 is 10.0 Å². The zero-order chi connectivity index (χ0) is 16.8. The Hall–Kier alpha value is -1.44. The first kappa shape index (κ1) is 16.4. The normalized spacial score (nSPS) is 25.4. The van der Waals surface area contributed by atoms with Crippen molar-refractivity contribution in [3.05, 3.63) is 23.8 Å². The first-order chi connectivity index (χ1) is 10.8. The van der Waals surface area contributed by atoms with E-state index >= 15 is 0 Å². The molecule has 2 atom stereocenters. The molecule has 2 N–H and O–H groups in total. The third kappa shape index (κ3) is 2.88. The molecule has 1 saturated heterocycles. The number of nitrogens with two attached hydrogens (primary N) is 1. The number of fused-ring (bicyclic) bond motifs is 1. The molecule has 2 heterocycles. The molecule has 3 rings (SSSR count). The van der Waals surface area contributed by atoms with Crippen LogP contribution in [-0.2, 0) is 21.2 Å². The largest absolute Gasteiger partial charge is 0.328 e. The molecule has 6 nitrogen and oxygen atoms in total. The molecule has 0 bridgehead atoms. The molecular weight excluding hydrogens is 314 g/mol. The Bertz CT molecular complexity index is 732. The van der Waals surface area contributed by atoms with Gasteiger partial charge in [0.1, 0.15) is 0 Å². The molecule has 1 amide bonds. The van der Waals surface area contributed by atoms with Gasteiger partial charge in [0.25, 0.3) is 0 Å². The average molecular weight is 337 g/mol. The van der Waals surface area contributed by atoms with Gasteiger partial charge in [-0.25, -0.2) is 8.42 Å². The number of carbonyl (C=O) groups is 1. The Morgan fingerprint density at radius 2 is 2.04 bits per heavy atom. The lowest BCUT2D eigenvalue weighted by molar-refractivity contribution is -0.116. The van der Waals surface area contributed by atoms with Crippen LogP contribution in [0.5, 0.6) is 0 Å². The van der Waals surface area contributed by atoms with Crippen molar-refractivity contribution in [2.75, 3.05) is 18.0 Å². The Labute approximate surface area is 137 Å². The predicted octanol–water partition coefficient (Wildman–Crippen LogP) is 1.10. The molecule has 126 valence electrons. The van der Waals surface area contributed by atoms with E-state index in [1.165, 1.54) is 11.2 Å². The number of piperidine rings is 1. The maximum Gasteiger partial charge on any atom is 0.243 e.